The number of nitrogens with one attached hydrogen (secondary N) is 1. The van der Waals surface area contributed by atoms with Crippen molar-refractivity contribution in [3.05, 3.63) is 45.2 Å². The number of nitrogens with zero attached hydrogens (tertiary/aromatic N) is 2. The van der Waals surface area contributed by atoms with Crippen molar-refractivity contribution in [3.63, 3.8) is 0 Å². The molecule has 0 radical (unpaired) electrons. The first-order valence-corrected chi connectivity index (χ1v) is 5.89. The van der Waals surface area contributed by atoms with Crippen molar-refractivity contribution < 1.29 is 0 Å². The molecule has 0 amide bonds. The van der Waals surface area contributed by atoms with Crippen LogP contribution in [-0.2, 0) is 0 Å². The fraction of sp³-hybridized carbons (Fsp3) is 0. The van der Waals surface area contributed by atoms with E-state index in [0.29, 0.717) is 16.0 Å². The molecule has 0 saturated carbocycles. The Kier molecular flexibility index (Phi) is 3.63. The van der Waals surface area contributed by atoms with Gasteiger partial charge in [0.25, 0.3) is 0 Å². The molecule has 6 heteroatoms. The highest BCUT2D eigenvalue weighted by Crippen LogP contribution is 2.27. The molecule has 0 aliphatic rings. The lowest BCUT2D eigenvalue weighted by molar-refractivity contribution is 1.17. The molecular weight excluding hydrogens is 313 g/mol. The molecule has 0 aliphatic heterocycles. The molecule has 0 saturated heterocycles. The van der Waals surface area contributed by atoms with Gasteiger partial charge in [0, 0.05) is 16.2 Å². The van der Waals surface area contributed by atoms with E-state index in [9.17, 15) is 0 Å². The molecular formula is C10H6BrCl2N3. The Bertz CT molecular complexity index is 519. The Labute approximate surface area is 111 Å². The third-order valence-electron chi connectivity index (χ3n) is 1.83. The average molecular weight is 319 g/mol. The lowest BCUT2D eigenvalue weighted by Gasteiger charge is -2.06. The second-order valence-electron chi connectivity index (χ2n) is 2.98. The topological polar surface area (TPSA) is 37.8 Å². The van der Waals surface area contributed by atoms with Gasteiger partial charge in [-0.15, -0.1) is 0 Å². The standard InChI is InChI=1S/C10H6BrCl2N3/c11-7-3-6(1-2-8(7)12)16-10-4-9(13)14-5-15-10/h1-5H,(H,14,15,16). The van der Waals surface area contributed by atoms with Crippen LogP contribution >= 0.6 is 39.1 Å². The first kappa shape index (κ1) is 11.6. The Hall–Kier alpha value is -0.840. The van der Waals surface area contributed by atoms with Crippen LogP contribution in [0.15, 0.2) is 35.1 Å². The van der Waals surface area contributed by atoms with Crippen LogP contribution in [-0.4, -0.2) is 9.97 Å². The van der Waals surface area contributed by atoms with Crippen LogP contribution in [0.25, 0.3) is 0 Å². The summed E-state index contributed by atoms with van der Waals surface area (Å²) < 4.78 is 0.819. The van der Waals surface area contributed by atoms with Crippen molar-refractivity contribution in [1.82, 2.24) is 9.97 Å². The van der Waals surface area contributed by atoms with Gasteiger partial charge in [-0.2, -0.15) is 0 Å². The summed E-state index contributed by atoms with van der Waals surface area (Å²) in [5, 5.41) is 4.14. The molecule has 2 aromatic rings. The third-order valence-corrected chi connectivity index (χ3v) is 3.25. The summed E-state index contributed by atoms with van der Waals surface area (Å²) in [6, 6.07) is 7.14. The molecule has 2 rings (SSSR count). The van der Waals surface area contributed by atoms with Crippen LogP contribution in [0.5, 0.6) is 0 Å². The molecule has 0 unspecified atom stereocenters. The molecule has 16 heavy (non-hydrogen) atoms. The van der Waals surface area contributed by atoms with Gasteiger partial charge in [0.2, 0.25) is 0 Å². The van der Waals surface area contributed by atoms with Gasteiger partial charge in [-0.05, 0) is 34.1 Å². The van der Waals surface area contributed by atoms with Crippen molar-refractivity contribution >= 4 is 50.6 Å². The zero-order chi connectivity index (χ0) is 11.5. The molecule has 0 atom stereocenters. The zero-order valence-corrected chi connectivity index (χ0v) is 11.0. The van der Waals surface area contributed by atoms with Gasteiger partial charge in [0.15, 0.2) is 0 Å². The monoisotopic (exact) mass is 317 g/mol. The number of hydrogen-bond acceptors (Lipinski definition) is 3. The van der Waals surface area contributed by atoms with E-state index in [1.54, 1.807) is 12.1 Å². The Balaban J connectivity index is 2.24. The molecule has 0 aliphatic carbocycles. The molecule has 1 aromatic carbocycles. The average Bonchev–Trinajstić information content (AvgIpc) is 2.24. The largest absolute Gasteiger partial charge is 0.340 e. The minimum atomic E-state index is 0.394. The summed E-state index contributed by atoms with van der Waals surface area (Å²) in [5.41, 5.74) is 0.867. The van der Waals surface area contributed by atoms with Crippen LogP contribution in [0.3, 0.4) is 0 Å². The molecule has 82 valence electrons. The van der Waals surface area contributed by atoms with Gasteiger partial charge in [-0.3, -0.25) is 0 Å². The molecule has 0 fully saturated rings. The maximum Gasteiger partial charge on any atom is 0.135 e. The van der Waals surface area contributed by atoms with Gasteiger partial charge in [-0.1, -0.05) is 23.2 Å². The smallest absolute Gasteiger partial charge is 0.135 e. The highest BCUT2D eigenvalue weighted by atomic mass is 79.9. The number of anilines is 2. The van der Waals surface area contributed by atoms with Crippen molar-refractivity contribution in [3.8, 4) is 0 Å². The SMILES string of the molecule is Clc1cc(Nc2ccc(Cl)c(Br)c2)ncn1. The van der Waals surface area contributed by atoms with E-state index in [-0.39, 0.29) is 0 Å². The summed E-state index contributed by atoms with van der Waals surface area (Å²) in [7, 11) is 0. The van der Waals surface area contributed by atoms with Crippen LogP contribution < -0.4 is 5.32 Å². The van der Waals surface area contributed by atoms with E-state index in [2.05, 4.69) is 31.2 Å². The third kappa shape index (κ3) is 2.84. The highest BCUT2D eigenvalue weighted by molar-refractivity contribution is 9.10. The van der Waals surface area contributed by atoms with Gasteiger partial charge in [0.05, 0.1) is 5.02 Å². The maximum atomic E-state index is 5.89. The minimum absolute atomic E-state index is 0.394. The lowest BCUT2D eigenvalue weighted by Crippen LogP contribution is -1.94. The minimum Gasteiger partial charge on any atom is -0.340 e. The summed E-state index contributed by atoms with van der Waals surface area (Å²) in [4.78, 5) is 7.83. The molecule has 1 heterocycles. The fourth-order valence-electron chi connectivity index (χ4n) is 1.12. The normalized spacial score (nSPS) is 10.2. The van der Waals surface area contributed by atoms with E-state index in [4.69, 9.17) is 23.2 Å². The number of benzene rings is 1. The van der Waals surface area contributed by atoms with E-state index in [1.807, 2.05) is 12.1 Å². The second kappa shape index (κ2) is 4.99. The van der Waals surface area contributed by atoms with Crippen LogP contribution in [0.1, 0.15) is 0 Å². The van der Waals surface area contributed by atoms with Crippen molar-refractivity contribution in [2.75, 3.05) is 5.32 Å². The van der Waals surface area contributed by atoms with Crippen LogP contribution in [0, 0.1) is 0 Å². The molecule has 3 nitrogen and oxygen atoms in total. The Morgan fingerprint density at radius 2 is 1.94 bits per heavy atom. The first-order valence-electron chi connectivity index (χ1n) is 4.35. The summed E-state index contributed by atoms with van der Waals surface area (Å²) in [6.07, 6.45) is 1.40. The van der Waals surface area contributed by atoms with E-state index >= 15 is 0 Å². The van der Waals surface area contributed by atoms with Gasteiger partial charge in [0.1, 0.15) is 17.3 Å². The Morgan fingerprint density at radius 1 is 1.12 bits per heavy atom. The lowest BCUT2D eigenvalue weighted by atomic mass is 10.3. The highest BCUT2D eigenvalue weighted by Gasteiger charge is 2.01. The summed E-state index contributed by atoms with van der Waals surface area (Å²) in [6.45, 7) is 0. The quantitative estimate of drug-likeness (QED) is 0.839. The van der Waals surface area contributed by atoms with Crippen LogP contribution in [0.2, 0.25) is 10.2 Å². The first-order chi connectivity index (χ1) is 7.65. The number of hydrogen-bond donors (Lipinski definition) is 1. The van der Waals surface area contributed by atoms with E-state index < -0.39 is 0 Å². The van der Waals surface area contributed by atoms with Crippen molar-refractivity contribution in [2.24, 2.45) is 0 Å². The predicted octanol–water partition coefficient (Wildman–Crippen LogP) is 4.29. The molecule has 0 bridgehead atoms. The maximum absolute atomic E-state index is 5.89. The van der Waals surface area contributed by atoms with Crippen LogP contribution in [0.4, 0.5) is 11.5 Å². The Morgan fingerprint density at radius 3 is 2.62 bits per heavy atom. The number of halogens is 3. The second-order valence-corrected chi connectivity index (χ2v) is 4.63. The van der Waals surface area contributed by atoms with Gasteiger partial charge >= 0.3 is 0 Å². The molecule has 1 N–H and O–H groups in total. The summed E-state index contributed by atoms with van der Waals surface area (Å²) >= 11 is 15.0. The fourth-order valence-corrected chi connectivity index (χ4v) is 1.77. The van der Waals surface area contributed by atoms with Gasteiger partial charge < -0.3 is 5.32 Å². The molecule has 1 aromatic heterocycles. The molecule has 0 spiro atoms. The van der Waals surface area contributed by atoms with Crippen molar-refractivity contribution in [2.45, 2.75) is 0 Å². The number of aromatic nitrogens is 2. The van der Waals surface area contributed by atoms with E-state index in [1.165, 1.54) is 6.33 Å². The van der Waals surface area contributed by atoms with E-state index in [0.717, 1.165) is 10.2 Å². The number of rotatable bonds is 2. The van der Waals surface area contributed by atoms with Gasteiger partial charge in [-0.25, -0.2) is 9.97 Å². The van der Waals surface area contributed by atoms with Crippen molar-refractivity contribution in [1.29, 1.82) is 0 Å². The predicted molar refractivity (Wildman–Crippen MR) is 69.5 cm³/mol. The summed E-state index contributed by atoms with van der Waals surface area (Å²) in [5.74, 6) is 0.634. The zero-order valence-electron chi connectivity index (χ0n) is 7.92.